The molecule has 86 valence electrons. The fourth-order valence-electron chi connectivity index (χ4n) is 2.16. The van der Waals surface area contributed by atoms with Crippen LogP contribution in [0.5, 0.6) is 5.75 Å². The maximum absolute atomic E-state index is 5.76. The van der Waals surface area contributed by atoms with E-state index in [9.17, 15) is 0 Å². The van der Waals surface area contributed by atoms with Crippen LogP contribution in [0.15, 0.2) is 30.9 Å². The first kappa shape index (κ1) is 10.2. The minimum Gasteiger partial charge on any atom is -0.493 e. The quantitative estimate of drug-likeness (QED) is 0.845. The average molecular weight is 227 g/mol. The zero-order valence-electron chi connectivity index (χ0n) is 9.39. The highest BCUT2D eigenvalue weighted by Gasteiger charge is 2.17. The summed E-state index contributed by atoms with van der Waals surface area (Å²) in [4.78, 5) is 8.07. The van der Waals surface area contributed by atoms with Gasteiger partial charge in [-0.2, -0.15) is 0 Å². The van der Waals surface area contributed by atoms with Crippen LogP contribution in [0.4, 0.5) is 0 Å². The van der Waals surface area contributed by atoms with Crippen molar-refractivity contribution in [2.75, 3.05) is 6.61 Å². The Kier molecular flexibility index (Phi) is 2.49. The van der Waals surface area contributed by atoms with Crippen LogP contribution < -0.4 is 10.5 Å². The van der Waals surface area contributed by atoms with Gasteiger partial charge in [0.2, 0.25) is 0 Å². The summed E-state index contributed by atoms with van der Waals surface area (Å²) in [6.45, 7) is 1.24. The standard InChI is InChI=1S/C13H13N3O/c14-5-11-4-10(12-6-15-8-16-7-12)3-9-1-2-17-13(9)11/h3-4,6-8H,1-2,5,14H2. The normalized spacial score (nSPS) is 13.2. The van der Waals surface area contributed by atoms with Crippen molar-refractivity contribution in [3.63, 3.8) is 0 Å². The summed E-state index contributed by atoms with van der Waals surface area (Å²) in [5.41, 5.74) is 10.2. The van der Waals surface area contributed by atoms with Gasteiger partial charge in [-0.25, -0.2) is 9.97 Å². The zero-order valence-corrected chi connectivity index (χ0v) is 9.39. The summed E-state index contributed by atoms with van der Waals surface area (Å²) in [5.74, 6) is 0.966. The maximum Gasteiger partial charge on any atom is 0.127 e. The third kappa shape index (κ3) is 1.76. The van der Waals surface area contributed by atoms with Gasteiger partial charge in [-0.15, -0.1) is 0 Å². The van der Waals surface area contributed by atoms with E-state index in [1.807, 2.05) is 12.4 Å². The van der Waals surface area contributed by atoms with Crippen LogP contribution in [0.3, 0.4) is 0 Å². The molecule has 1 aromatic carbocycles. The first-order valence-electron chi connectivity index (χ1n) is 5.62. The molecule has 0 unspecified atom stereocenters. The largest absolute Gasteiger partial charge is 0.493 e. The monoisotopic (exact) mass is 227 g/mol. The topological polar surface area (TPSA) is 61.0 Å². The van der Waals surface area contributed by atoms with Crippen molar-refractivity contribution in [1.29, 1.82) is 0 Å². The van der Waals surface area contributed by atoms with E-state index in [-0.39, 0.29) is 0 Å². The molecule has 4 nitrogen and oxygen atoms in total. The molecule has 0 saturated carbocycles. The van der Waals surface area contributed by atoms with Gasteiger partial charge in [-0.3, -0.25) is 0 Å². The Labute approximate surface area is 99.5 Å². The van der Waals surface area contributed by atoms with Gasteiger partial charge in [0, 0.05) is 36.5 Å². The summed E-state index contributed by atoms with van der Waals surface area (Å²) in [6.07, 6.45) is 6.10. The second-order valence-electron chi connectivity index (χ2n) is 4.05. The van der Waals surface area contributed by atoms with Crippen LogP contribution in [0.2, 0.25) is 0 Å². The zero-order chi connectivity index (χ0) is 11.7. The van der Waals surface area contributed by atoms with Crippen molar-refractivity contribution in [2.45, 2.75) is 13.0 Å². The van der Waals surface area contributed by atoms with Crippen molar-refractivity contribution < 1.29 is 4.74 Å². The fourth-order valence-corrected chi connectivity index (χ4v) is 2.16. The molecular formula is C13H13N3O. The number of rotatable bonds is 2. The smallest absolute Gasteiger partial charge is 0.127 e. The molecule has 2 aromatic rings. The van der Waals surface area contributed by atoms with E-state index in [0.717, 1.165) is 35.5 Å². The van der Waals surface area contributed by atoms with Crippen molar-refractivity contribution in [1.82, 2.24) is 9.97 Å². The Morgan fingerprint density at radius 3 is 2.76 bits per heavy atom. The number of aromatic nitrogens is 2. The van der Waals surface area contributed by atoms with E-state index in [2.05, 4.69) is 22.1 Å². The van der Waals surface area contributed by atoms with Gasteiger partial charge in [0.25, 0.3) is 0 Å². The second-order valence-corrected chi connectivity index (χ2v) is 4.05. The predicted octanol–water partition coefficient (Wildman–Crippen LogP) is 1.54. The van der Waals surface area contributed by atoms with Crippen molar-refractivity contribution in [3.05, 3.63) is 42.0 Å². The molecule has 0 bridgehead atoms. The van der Waals surface area contributed by atoms with Gasteiger partial charge >= 0.3 is 0 Å². The van der Waals surface area contributed by atoms with Gasteiger partial charge in [0.1, 0.15) is 12.1 Å². The first-order chi connectivity index (χ1) is 8.38. The highest BCUT2D eigenvalue weighted by Crippen LogP contribution is 2.34. The third-order valence-electron chi connectivity index (χ3n) is 2.97. The third-order valence-corrected chi connectivity index (χ3v) is 2.97. The lowest BCUT2D eigenvalue weighted by Crippen LogP contribution is -2.00. The maximum atomic E-state index is 5.76. The van der Waals surface area contributed by atoms with Gasteiger partial charge in [0.15, 0.2) is 0 Å². The molecule has 0 spiro atoms. The van der Waals surface area contributed by atoms with Crippen molar-refractivity contribution >= 4 is 0 Å². The first-order valence-corrected chi connectivity index (χ1v) is 5.62. The molecule has 1 aliphatic heterocycles. The number of fused-ring (bicyclic) bond motifs is 1. The lowest BCUT2D eigenvalue weighted by molar-refractivity contribution is 0.353. The Hall–Kier alpha value is -1.94. The van der Waals surface area contributed by atoms with E-state index in [1.165, 1.54) is 11.9 Å². The van der Waals surface area contributed by atoms with E-state index in [4.69, 9.17) is 10.5 Å². The Morgan fingerprint density at radius 2 is 2.00 bits per heavy atom. The number of hydrogen-bond acceptors (Lipinski definition) is 4. The highest BCUT2D eigenvalue weighted by molar-refractivity contribution is 5.66. The van der Waals surface area contributed by atoms with Gasteiger partial charge in [-0.05, 0) is 23.3 Å². The van der Waals surface area contributed by atoms with Crippen LogP contribution in [0.25, 0.3) is 11.1 Å². The minimum atomic E-state index is 0.490. The van der Waals surface area contributed by atoms with Crippen molar-refractivity contribution in [2.24, 2.45) is 5.73 Å². The molecule has 0 saturated heterocycles. The van der Waals surface area contributed by atoms with E-state index >= 15 is 0 Å². The molecule has 4 heteroatoms. The Balaban J connectivity index is 2.13. The number of ether oxygens (including phenoxy) is 1. The summed E-state index contributed by atoms with van der Waals surface area (Å²) in [6, 6.07) is 4.20. The van der Waals surface area contributed by atoms with Gasteiger partial charge < -0.3 is 10.5 Å². The van der Waals surface area contributed by atoms with E-state index < -0.39 is 0 Å². The van der Waals surface area contributed by atoms with Gasteiger partial charge in [0.05, 0.1) is 6.61 Å². The molecule has 2 heterocycles. The molecule has 17 heavy (non-hydrogen) atoms. The van der Waals surface area contributed by atoms with Gasteiger partial charge in [-0.1, -0.05) is 0 Å². The summed E-state index contributed by atoms with van der Waals surface area (Å²) < 4.78 is 5.60. The summed E-state index contributed by atoms with van der Waals surface area (Å²) in [7, 11) is 0. The second kappa shape index (κ2) is 4.14. The number of nitrogens with zero attached hydrogens (tertiary/aromatic N) is 2. The van der Waals surface area contributed by atoms with E-state index in [0.29, 0.717) is 6.54 Å². The molecule has 1 aliphatic rings. The fraction of sp³-hybridized carbons (Fsp3) is 0.231. The van der Waals surface area contributed by atoms with Crippen molar-refractivity contribution in [3.8, 4) is 16.9 Å². The average Bonchev–Trinajstić information content (AvgIpc) is 2.86. The van der Waals surface area contributed by atoms with Crippen LogP contribution >= 0.6 is 0 Å². The Bertz CT molecular complexity index is 540. The van der Waals surface area contributed by atoms with Crippen LogP contribution in [0, 0.1) is 0 Å². The lowest BCUT2D eigenvalue weighted by Gasteiger charge is -2.09. The highest BCUT2D eigenvalue weighted by atomic mass is 16.5. The van der Waals surface area contributed by atoms with Crippen LogP contribution in [-0.2, 0) is 13.0 Å². The molecule has 2 N–H and O–H groups in total. The minimum absolute atomic E-state index is 0.490. The lowest BCUT2D eigenvalue weighted by atomic mass is 10.00. The summed E-state index contributed by atoms with van der Waals surface area (Å²) >= 11 is 0. The molecule has 0 aliphatic carbocycles. The number of nitrogens with two attached hydrogens (primary N) is 1. The van der Waals surface area contributed by atoms with E-state index in [1.54, 1.807) is 0 Å². The van der Waals surface area contributed by atoms with Crippen LogP contribution in [0.1, 0.15) is 11.1 Å². The molecule has 1 aromatic heterocycles. The number of benzene rings is 1. The molecule has 0 atom stereocenters. The number of hydrogen-bond donors (Lipinski definition) is 1. The molecule has 0 amide bonds. The molecular weight excluding hydrogens is 214 g/mol. The molecule has 0 fully saturated rings. The predicted molar refractivity (Wildman–Crippen MR) is 64.6 cm³/mol. The molecule has 3 rings (SSSR count). The Morgan fingerprint density at radius 1 is 1.18 bits per heavy atom. The summed E-state index contributed by atoms with van der Waals surface area (Å²) in [5, 5.41) is 0. The van der Waals surface area contributed by atoms with Crippen LogP contribution in [-0.4, -0.2) is 16.6 Å². The molecule has 0 radical (unpaired) electrons. The SMILES string of the molecule is NCc1cc(-c2cncnc2)cc2c1OCC2.